The number of thioether (sulfide) groups is 1. The smallest absolute Gasteiger partial charge is 0.271 e. The zero-order valence-electron chi connectivity index (χ0n) is 19.6. The fourth-order valence-corrected chi connectivity index (χ4v) is 5.06. The molecule has 1 amide bonds. The average molecular weight is 584 g/mol. The average Bonchev–Trinajstić information content (AvgIpc) is 3.20. The van der Waals surface area contributed by atoms with Crippen LogP contribution in [0.2, 0.25) is 15.1 Å². The number of hydrogen-bond donors (Lipinski definition) is 0. The van der Waals surface area contributed by atoms with Crippen LogP contribution < -0.4 is 9.64 Å². The van der Waals surface area contributed by atoms with E-state index in [1.807, 2.05) is 0 Å². The summed E-state index contributed by atoms with van der Waals surface area (Å²) in [5.41, 5.74) is 2.70. The lowest BCUT2D eigenvalue weighted by atomic mass is 10.1. The molecule has 0 unspecified atom stereocenters. The van der Waals surface area contributed by atoms with Crippen LogP contribution in [0.25, 0.3) is 6.08 Å². The van der Waals surface area contributed by atoms with Crippen molar-refractivity contribution in [2.24, 2.45) is 4.99 Å². The summed E-state index contributed by atoms with van der Waals surface area (Å²) in [6, 6.07) is 25.2. The van der Waals surface area contributed by atoms with Gasteiger partial charge in [0.25, 0.3) is 5.91 Å². The van der Waals surface area contributed by atoms with Crippen LogP contribution in [0, 0.1) is 5.82 Å². The molecule has 1 heterocycles. The fraction of sp³-hybridized carbons (Fsp3) is 0.0345. The summed E-state index contributed by atoms with van der Waals surface area (Å²) in [5.74, 6) is -0.0426. The van der Waals surface area contributed by atoms with Crippen molar-refractivity contribution in [3.05, 3.63) is 128 Å². The standard InChI is InChI=1S/C29H18Cl3FN2O2S/c30-20-3-10-24(11-4-20)34-29-35(25-12-5-21(31)6-13-25)28(36)27(38-29)16-19-15-22(32)7-14-26(19)37-17-18-1-8-23(33)9-2-18/h1-16H,17H2/b27-16-,34-29?. The van der Waals surface area contributed by atoms with Gasteiger partial charge < -0.3 is 4.74 Å². The number of amides is 1. The highest BCUT2D eigenvalue weighted by Crippen LogP contribution is 2.39. The Balaban J connectivity index is 1.50. The fourth-order valence-electron chi connectivity index (χ4n) is 3.64. The van der Waals surface area contributed by atoms with Crippen molar-refractivity contribution in [2.75, 3.05) is 4.90 Å². The van der Waals surface area contributed by atoms with Gasteiger partial charge in [0.05, 0.1) is 16.3 Å². The van der Waals surface area contributed by atoms with Gasteiger partial charge in [-0.3, -0.25) is 9.69 Å². The molecule has 0 radical (unpaired) electrons. The van der Waals surface area contributed by atoms with Crippen molar-refractivity contribution >= 4 is 75.1 Å². The molecule has 0 saturated carbocycles. The van der Waals surface area contributed by atoms with E-state index < -0.39 is 0 Å². The molecule has 5 rings (SSSR count). The van der Waals surface area contributed by atoms with Gasteiger partial charge in [-0.25, -0.2) is 9.38 Å². The lowest BCUT2D eigenvalue weighted by Crippen LogP contribution is -2.28. The number of carbonyl (C=O) groups is 1. The van der Waals surface area contributed by atoms with E-state index in [9.17, 15) is 9.18 Å². The topological polar surface area (TPSA) is 41.9 Å². The molecule has 38 heavy (non-hydrogen) atoms. The zero-order chi connectivity index (χ0) is 26.6. The molecule has 0 aliphatic carbocycles. The Labute approximate surface area is 238 Å². The first kappa shape index (κ1) is 26.3. The third kappa shape index (κ3) is 6.22. The Morgan fingerprint density at radius 2 is 1.47 bits per heavy atom. The van der Waals surface area contributed by atoms with Crippen molar-refractivity contribution in [3.63, 3.8) is 0 Å². The summed E-state index contributed by atoms with van der Waals surface area (Å²) in [6.07, 6.45) is 1.73. The minimum absolute atomic E-state index is 0.222. The SMILES string of the molecule is O=C1/C(=C/c2cc(Cl)ccc2OCc2ccc(F)cc2)SC(=Nc2ccc(Cl)cc2)N1c1ccc(Cl)cc1. The predicted molar refractivity (Wildman–Crippen MR) is 155 cm³/mol. The van der Waals surface area contributed by atoms with Crippen LogP contribution >= 0.6 is 46.6 Å². The molecular weight excluding hydrogens is 566 g/mol. The molecule has 1 saturated heterocycles. The van der Waals surface area contributed by atoms with Gasteiger partial charge in [0.2, 0.25) is 0 Å². The van der Waals surface area contributed by atoms with Gasteiger partial charge in [-0.05, 0) is 102 Å². The number of carbonyl (C=O) groups excluding carboxylic acids is 1. The van der Waals surface area contributed by atoms with Crippen molar-refractivity contribution in [1.29, 1.82) is 0 Å². The van der Waals surface area contributed by atoms with Gasteiger partial charge in [-0.2, -0.15) is 0 Å². The molecule has 0 atom stereocenters. The van der Waals surface area contributed by atoms with E-state index >= 15 is 0 Å². The summed E-state index contributed by atoms with van der Waals surface area (Å²) in [5, 5.41) is 2.11. The van der Waals surface area contributed by atoms with Gasteiger partial charge in [0, 0.05) is 20.6 Å². The van der Waals surface area contributed by atoms with E-state index in [0.717, 1.165) is 5.56 Å². The van der Waals surface area contributed by atoms with Crippen molar-refractivity contribution in [1.82, 2.24) is 0 Å². The van der Waals surface area contributed by atoms with Gasteiger partial charge in [0.15, 0.2) is 5.17 Å². The third-order valence-electron chi connectivity index (χ3n) is 5.51. The molecule has 0 aromatic heterocycles. The first-order valence-electron chi connectivity index (χ1n) is 11.4. The maximum absolute atomic E-state index is 13.7. The van der Waals surface area contributed by atoms with Crippen LogP contribution in [0.3, 0.4) is 0 Å². The summed E-state index contributed by atoms with van der Waals surface area (Å²) < 4.78 is 19.3. The Kier molecular flexibility index (Phi) is 8.05. The lowest BCUT2D eigenvalue weighted by Gasteiger charge is -2.15. The van der Waals surface area contributed by atoms with Crippen LogP contribution in [0.15, 0.2) is 101 Å². The van der Waals surface area contributed by atoms with E-state index in [1.165, 1.54) is 28.8 Å². The molecule has 1 aliphatic rings. The number of benzene rings is 4. The lowest BCUT2D eigenvalue weighted by molar-refractivity contribution is -0.113. The van der Waals surface area contributed by atoms with Crippen LogP contribution in [-0.2, 0) is 11.4 Å². The minimum Gasteiger partial charge on any atom is -0.488 e. The van der Waals surface area contributed by atoms with Crippen LogP contribution in [0.4, 0.5) is 15.8 Å². The molecule has 0 spiro atoms. The number of ether oxygens (including phenoxy) is 1. The molecule has 4 nitrogen and oxygen atoms in total. The quantitative estimate of drug-likeness (QED) is 0.213. The van der Waals surface area contributed by atoms with Crippen molar-refractivity contribution in [2.45, 2.75) is 6.61 Å². The van der Waals surface area contributed by atoms with Gasteiger partial charge >= 0.3 is 0 Å². The summed E-state index contributed by atoms with van der Waals surface area (Å²) in [4.78, 5) is 20.3. The summed E-state index contributed by atoms with van der Waals surface area (Å²) >= 11 is 19.6. The van der Waals surface area contributed by atoms with Gasteiger partial charge in [0.1, 0.15) is 18.2 Å². The normalized spacial score (nSPS) is 15.5. The molecule has 190 valence electrons. The number of amidine groups is 1. The summed E-state index contributed by atoms with van der Waals surface area (Å²) in [6.45, 7) is 0.222. The number of aliphatic imine (C=N–C) groups is 1. The molecule has 1 aliphatic heterocycles. The molecule has 0 N–H and O–H groups in total. The second-order valence-electron chi connectivity index (χ2n) is 8.20. The second-order valence-corrected chi connectivity index (χ2v) is 10.5. The molecule has 4 aromatic carbocycles. The Morgan fingerprint density at radius 3 is 2.16 bits per heavy atom. The van der Waals surface area contributed by atoms with Crippen LogP contribution in [0.1, 0.15) is 11.1 Å². The first-order valence-corrected chi connectivity index (χ1v) is 13.3. The molecule has 1 fully saturated rings. The van der Waals surface area contributed by atoms with Crippen molar-refractivity contribution < 1.29 is 13.9 Å². The second kappa shape index (κ2) is 11.6. The van der Waals surface area contributed by atoms with Crippen LogP contribution in [0.5, 0.6) is 5.75 Å². The third-order valence-corrected chi connectivity index (χ3v) is 7.22. The highest BCUT2D eigenvalue weighted by Gasteiger charge is 2.35. The van der Waals surface area contributed by atoms with E-state index in [4.69, 9.17) is 44.5 Å². The zero-order valence-corrected chi connectivity index (χ0v) is 22.7. The largest absolute Gasteiger partial charge is 0.488 e. The Bertz CT molecular complexity index is 1540. The first-order chi connectivity index (χ1) is 18.4. The van der Waals surface area contributed by atoms with E-state index in [2.05, 4.69) is 0 Å². The summed E-state index contributed by atoms with van der Waals surface area (Å²) in [7, 11) is 0. The maximum atomic E-state index is 13.7. The highest BCUT2D eigenvalue weighted by molar-refractivity contribution is 8.19. The maximum Gasteiger partial charge on any atom is 0.271 e. The van der Waals surface area contributed by atoms with Gasteiger partial charge in [-0.15, -0.1) is 0 Å². The number of halogens is 4. The van der Waals surface area contributed by atoms with Gasteiger partial charge in [-0.1, -0.05) is 46.9 Å². The van der Waals surface area contributed by atoms with E-state index in [1.54, 1.807) is 84.9 Å². The number of rotatable bonds is 6. The Hall–Kier alpha value is -3.29. The highest BCUT2D eigenvalue weighted by atomic mass is 35.5. The number of hydrogen-bond acceptors (Lipinski definition) is 4. The Morgan fingerprint density at radius 1 is 0.842 bits per heavy atom. The molecule has 0 bridgehead atoms. The monoisotopic (exact) mass is 582 g/mol. The van der Waals surface area contributed by atoms with Crippen molar-refractivity contribution in [3.8, 4) is 5.75 Å². The van der Waals surface area contributed by atoms with E-state index in [-0.39, 0.29) is 18.3 Å². The number of nitrogens with zero attached hydrogens (tertiary/aromatic N) is 2. The molecular formula is C29H18Cl3FN2O2S. The molecule has 4 aromatic rings. The van der Waals surface area contributed by atoms with Crippen LogP contribution in [-0.4, -0.2) is 11.1 Å². The van der Waals surface area contributed by atoms with E-state index in [0.29, 0.717) is 47.8 Å². The minimum atomic E-state index is -0.316. The predicted octanol–water partition coefficient (Wildman–Crippen LogP) is 9.17. The number of anilines is 1. The molecule has 9 heteroatoms.